The van der Waals surface area contributed by atoms with Gasteiger partial charge in [-0.3, -0.25) is 24.6 Å². The number of hydrogen-bond acceptors (Lipinski definition) is 5. The van der Waals surface area contributed by atoms with E-state index in [1.165, 1.54) is 11.3 Å². The molecule has 174 valence electrons. The molecule has 1 N–H and O–H groups in total. The number of anilines is 1. The van der Waals surface area contributed by atoms with E-state index < -0.39 is 29.7 Å². The monoisotopic (exact) mass is 475 g/mol. The van der Waals surface area contributed by atoms with Crippen LogP contribution in [0.15, 0.2) is 72.1 Å². The van der Waals surface area contributed by atoms with Crippen LogP contribution in [0, 0.1) is 0 Å². The van der Waals surface area contributed by atoms with E-state index in [0.29, 0.717) is 5.69 Å². The normalized spacial score (nSPS) is 15.4. The zero-order valence-corrected chi connectivity index (χ0v) is 19.6. The lowest BCUT2D eigenvalue weighted by Gasteiger charge is -2.28. The third kappa shape index (κ3) is 5.23. The summed E-state index contributed by atoms with van der Waals surface area (Å²) in [6.07, 6.45) is 0.701. The van der Waals surface area contributed by atoms with E-state index >= 15 is 0 Å². The maximum absolute atomic E-state index is 13.3. The number of hydrogen-bond donors (Lipinski definition) is 1. The summed E-state index contributed by atoms with van der Waals surface area (Å²) in [5.41, 5.74) is 4.92. The first-order valence-corrected chi connectivity index (χ1v) is 12.0. The molecule has 4 amide bonds. The summed E-state index contributed by atoms with van der Waals surface area (Å²) in [4.78, 5) is 54.0. The number of aryl methyl sites for hydroxylation is 1. The van der Waals surface area contributed by atoms with Gasteiger partial charge < -0.3 is 0 Å². The summed E-state index contributed by atoms with van der Waals surface area (Å²) in [5.74, 6) is -1.82. The van der Waals surface area contributed by atoms with E-state index in [2.05, 4.69) is 5.43 Å². The van der Waals surface area contributed by atoms with Gasteiger partial charge in [0.25, 0.3) is 5.91 Å². The van der Waals surface area contributed by atoms with Gasteiger partial charge >= 0.3 is 0 Å². The van der Waals surface area contributed by atoms with Crippen molar-refractivity contribution in [3.05, 3.63) is 88.1 Å². The Morgan fingerprint density at radius 2 is 1.71 bits per heavy atom. The summed E-state index contributed by atoms with van der Waals surface area (Å²) in [6.45, 7) is 2.02. The van der Waals surface area contributed by atoms with Crippen LogP contribution in [-0.2, 0) is 38.4 Å². The Kier molecular flexibility index (Phi) is 7.18. The van der Waals surface area contributed by atoms with Crippen LogP contribution >= 0.6 is 11.3 Å². The van der Waals surface area contributed by atoms with Crippen molar-refractivity contribution in [2.45, 2.75) is 38.6 Å². The minimum atomic E-state index is -1.11. The van der Waals surface area contributed by atoms with Crippen LogP contribution in [-0.4, -0.2) is 34.7 Å². The lowest BCUT2D eigenvalue weighted by molar-refractivity contribution is -0.146. The standard InChI is InChI=1S/C26H25N3O4S/c1-2-18-10-12-20(13-11-18)28-24(31)17-22(26(28)33)29(25(32)16-21-9-6-14-34-21)27-23(30)15-19-7-4-3-5-8-19/h3-14,22H,2,15-17H2,1H3,(H,27,30). The molecule has 1 aliphatic heterocycles. The zero-order valence-electron chi connectivity index (χ0n) is 18.8. The van der Waals surface area contributed by atoms with Gasteiger partial charge in [0.2, 0.25) is 17.7 Å². The summed E-state index contributed by atoms with van der Waals surface area (Å²) in [7, 11) is 0. The largest absolute Gasteiger partial charge is 0.274 e. The van der Waals surface area contributed by atoms with Gasteiger partial charge in [0, 0.05) is 4.88 Å². The summed E-state index contributed by atoms with van der Waals surface area (Å²) in [5, 5.41) is 2.90. The Balaban J connectivity index is 1.56. The highest BCUT2D eigenvalue weighted by molar-refractivity contribution is 7.10. The van der Waals surface area contributed by atoms with Gasteiger partial charge in [-0.25, -0.2) is 9.91 Å². The Morgan fingerprint density at radius 3 is 2.35 bits per heavy atom. The number of nitrogens with one attached hydrogen (secondary N) is 1. The topological polar surface area (TPSA) is 86.8 Å². The van der Waals surface area contributed by atoms with Crippen molar-refractivity contribution < 1.29 is 19.2 Å². The zero-order chi connectivity index (χ0) is 24.1. The fourth-order valence-electron chi connectivity index (χ4n) is 3.89. The minimum Gasteiger partial charge on any atom is -0.274 e. The first-order valence-electron chi connectivity index (χ1n) is 11.1. The summed E-state index contributed by atoms with van der Waals surface area (Å²) < 4.78 is 0. The van der Waals surface area contributed by atoms with Crippen LogP contribution in [0.4, 0.5) is 5.69 Å². The number of rotatable bonds is 7. The van der Waals surface area contributed by atoms with Gasteiger partial charge in [0.15, 0.2) is 0 Å². The number of amides is 4. The van der Waals surface area contributed by atoms with Gasteiger partial charge in [-0.05, 0) is 41.1 Å². The molecule has 0 radical (unpaired) electrons. The number of thiophene rings is 1. The average molecular weight is 476 g/mol. The number of hydrazine groups is 1. The van der Waals surface area contributed by atoms with E-state index in [1.807, 2.05) is 66.9 Å². The number of imide groups is 1. The van der Waals surface area contributed by atoms with Crippen molar-refractivity contribution in [3.63, 3.8) is 0 Å². The maximum Gasteiger partial charge on any atom is 0.259 e. The van der Waals surface area contributed by atoms with Crippen molar-refractivity contribution in [2.75, 3.05) is 4.90 Å². The third-order valence-corrected chi connectivity index (χ3v) is 6.54. The molecule has 34 heavy (non-hydrogen) atoms. The number of carbonyl (C=O) groups is 4. The lowest BCUT2D eigenvalue weighted by atomic mass is 10.1. The number of carbonyl (C=O) groups excluding carboxylic acids is 4. The molecular weight excluding hydrogens is 450 g/mol. The van der Waals surface area contributed by atoms with Crippen molar-refractivity contribution in [2.24, 2.45) is 0 Å². The Labute approximate surface area is 202 Å². The first-order chi connectivity index (χ1) is 16.5. The molecule has 3 aromatic rings. The highest BCUT2D eigenvalue weighted by Crippen LogP contribution is 2.26. The molecule has 2 aromatic carbocycles. The molecule has 1 aliphatic rings. The first kappa shape index (κ1) is 23.4. The molecule has 1 unspecified atom stereocenters. The van der Waals surface area contributed by atoms with Gasteiger partial charge in [0.05, 0.1) is 24.9 Å². The summed E-state index contributed by atoms with van der Waals surface area (Å²) >= 11 is 1.41. The molecular formula is C26H25N3O4S. The number of nitrogens with zero attached hydrogens (tertiary/aromatic N) is 2. The van der Waals surface area contributed by atoms with Crippen molar-refractivity contribution in [3.8, 4) is 0 Å². The second-order valence-electron chi connectivity index (χ2n) is 8.02. The Bertz CT molecular complexity index is 1180. The molecule has 4 rings (SSSR count). The molecule has 0 saturated carbocycles. The van der Waals surface area contributed by atoms with Crippen LogP contribution < -0.4 is 10.3 Å². The van der Waals surface area contributed by atoms with Gasteiger partial charge in [-0.15, -0.1) is 11.3 Å². The second kappa shape index (κ2) is 10.4. The second-order valence-corrected chi connectivity index (χ2v) is 9.06. The van der Waals surface area contributed by atoms with Crippen LogP contribution in [0.1, 0.15) is 29.3 Å². The quantitative estimate of drug-likeness (QED) is 0.420. The smallest absolute Gasteiger partial charge is 0.259 e. The van der Waals surface area contributed by atoms with Crippen LogP contribution in [0.5, 0.6) is 0 Å². The molecule has 1 fully saturated rings. The predicted octanol–water partition coefficient (Wildman–Crippen LogP) is 3.29. The fourth-order valence-corrected chi connectivity index (χ4v) is 4.58. The highest BCUT2D eigenvalue weighted by Gasteiger charge is 2.45. The van der Waals surface area contributed by atoms with Crippen molar-refractivity contribution in [1.82, 2.24) is 10.4 Å². The SMILES string of the molecule is CCc1ccc(N2C(=O)CC(N(NC(=O)Cc3ccccc3)C(=O)Cc3cccs3)C2=O)cc1. The molecule has 0 spiro atoms. The molecule has 8 heteroatoms. The lowest BCUT2D eigenvalue weighted by Crippen LogP contribution is -2.55. The molecule has 2 heterocycles. The van der Waals surface area contributed by atoms with Crippen molar-refractivity contribution >= 4 is 40.7 Å². The molecule has 0 bridgehead atoms. The average Bonchev–Trinajstić information content (AvgIpc) is 3.45. The third-order valence-electron chi connectivity index (χ3n) is 5.66. The van der Waals surface area contributed by atoms with Crippen LogP contribution in [0.2, 0.25) is 0 Å². The van der Waals surface area contributed by atoms with Crippen molar-refractivity contribution in [1.29, 1.82) is 0 Å². The molecule has 7 nitrogen and oxygen atoms in total. The maximum atomic E-state index is 13.3. The van der Waals surface area contributed by atoms with Crippen LogP contribution in [0.3, 0.4) is 0 Å². The van der Waals surface area contributed by atoms with Crippen LogP contribution in [0.25, 0.3) is 0 Å². The molecule has 0 aliphatic carbocycles. The predicted molar refractivity (Wildman–Crippen MR) is 130 cm³/mol. The number of benzene rings is 2. The van der Waals surface area contributed by atoms with Gasteiger partial charge in [0.1, 0.15) is 6.04 Å². The van der Waals surface area contributed by atoms with E-state index in [0.717, 1.165) is 32.3 Å². The van der Waals surface area contributed by atoms with E-state index in [4.69, 9.17) is 0 Å². The van der Waals surface area contributed by atoms with E-state index in [-0.39, 0.29) is 19.3 Å². The fraction of sp³-hybridized carbons (Fsp3) is 0.231. The Morgan fingerprint density at radius 1 is 0.971 bits per heavy atom. The van der Waals surface area contributed by atoms with Gasteiger partial charge in [-0.1, -0.05) is 55.5 Å². The van der Waals surface area contributed by atoms with E-state index in [1.54, 1.807) is 12.1 Å². The highest BCUT2D eigenvalue weighted by atomic mass is 32.1. The molecule has 1 saturated heterocycles. The summed E-state index contributed by atoms with van der Waals surface area (Å²) in [6, 6.07) is 18.8. The van der Waals surface area contributed by atoms with E-state index in [9.17, 15) is 19.2 Å². The van der Waals surface area contributed by atoms with Gasteiger partial charge in [-0.2, -0.15) is 0 Å². The molecule has 1 atom stereocenters. The minimum absolute atomic E-state index is 0.0203. The Hall–Kier alpha value is -3.78. The molecule has 1 aromatic heterocycles.